The summed E-state index contributed by atoms with van der Waals surface area (Å²) in [4.78, 5) is 11.4. The summed E-state index contributed by atoms with van der Waals surface area (Å²) >= 11 is 0. The van der Waals surface area contributed by atoms with Gasteiger partial charge in [0.1, 0.15) is 12.4 Å². The van der Waals surface area contributed by atoms with E-state index in [-0.39, 0.29) is 0 Å². The number of methoxy groups -OCH3 is 2. The Morgan fingerprint density at radius 1 is 1.24 bits per heavy atom. The van der Waals surface area contributed by atoms with Crippen LogP contribution in [0.2, 0.25) is 0 Å². The molecular formula is C22H35N5O2. The molecule has 0 atom stereocenters. The molecule has 1 aromatic carbocycles. The third-order valence-corrected chi connectivity index (χ3v) is 4.68. The Morgan fingerprint density at radius 3 is 2.55 bits per heavy atom. The van der Waals surface area contributed by atoms with Gasteiger partial charge >= 0.3 is 0 Å². The van der Waals surface area contributed by atoms with Crippen LogP contribution in [0, 0.1) is 12.8 Å². The number of aryl methyl sites for hydroxylation is 1. The fourth-order valence-electron chi connectivity index (χ4n) is 3.19. The quantitative estimate of drug-likeness (QED) is 0.515. The number of aliphatic imine (C=N–C) groups is 1. The van der Waals surface area contributed by atoms with Crippen molar-refractivity contribution in [2.75, 3.05) is 27.8 Å². The zero-order chi connectivity index (χ0) is 21.4. The molecule has 2 aromatic rings. The fourth-order valence-corrected chi connectivity index (χ4v) is 3.19. The number of aromatic nitrogens is 2. The predicted molar refractivity (Wildman–Crippen MR) is 118 cm³/mol. The van der Waals surface area contributed by atoms with Crippen LogP contribution in [0.15, 0.2) is 29.5 Å². The van der Waals surface area contributed by atoms with Gasteiger partial charge in [-0.3, -0.25) is 0 Å². The van der Waals surface area contributed by atoms with Crippen molar-refractivity contribution in [2.24, 2.45) is 10.9 Å². The molecule has 1 heterocycles. The molecule has 29 heavy (non-hydrogen) atoms. The van der Waals surface area contributed by atoms with Crippen molar-refractivity contribution in [1.29, 1.82) is 0 Å². The highest BCUT2D eigenvalue weighted by molar-refractivity contribution is 5.79. The molecule has 0 aliphatic carbocycles. The lowest BCUT2D eigenvalue weighted by atomic mass is 10.1. The molecule has 0 bridgehead atoms. The van der Waals surface area contributed by atoms with Crippen molar-refractivity contribution >= 4 is 5.96 Å². The van der Waals surface area contributed by atoms with E-state index in [1.807, 2.05) is 31.6 Å². The van der Waals surface area contributed by atoms with Crippen LogP contribution in [0.4, 0.5) is 0 Å². The van der Waals surface area contributed by atoms with Crippen LogP contribution in [-0.4, -0.2) is 48.2 Å². The first-order valence-electron chi connectivity index (χ1n) is 10.1. The van der Waals surface area contributed by atoms with E-state index >= 15 is 0 Å². The first kappa shape index (κ1) is 22.6. The van der Waals surface area contributed by atoms with E-state index in [9.17, 15) is 0 Å². The third-order valence-electron chi connectivity index (χ3n) is 4.68. The van der Waals surface area contributed by atoms with Crippen LogP contribution in [0.3, 0.4) is 0 Å². The van der Waals surface area contributed by atoms with Crippen LogP contribution >= 0.6 is 0 Å². The van der Waals surface area contributed by atoms with Crippen LogP contribution < -0.4 is 14.8 Å². The van der Waals surface area contributed by atoms with Gasteiger partial charge < -0.3 is 24.3 Å². The average Bonchev–Trinajstić information content (AvgIpc) is 3.12. The van der Waals surface area contributed by atoms with Gasteiger partial charge in [0.25, 0.3) is 0 Å². The fraction of sp³-hybridized carbons (Fsp3) is 0.545. The summed E-state index contributed by atoms with van der Waals surface area (Å²) in [5, 5.41) is 3.38. The lowest BCUT2D eigenvalue weighted by molar-refractivity contribution is 0.353. The molecule has 0 radical (unpaired) electrons. The van der Waals surface area contributed by atoms with Gasteiger partial charge in [-0.1, -0.05) is 13.8 Å². The minimum Gasteiger partial charge on any atom is -0.493 e. The first-order valence-corrected chi connectivity index (χ1v) is 10.1. The smallest absolute Gasteiger partial charge is 0.194 e. The zero-order valence-corrected chi connectivity index (χ0v) is 18.8. The van der Waals surface area contributed by atoms with E-state index in [4.69, 9.17) is 14.5 Å². The van der Waals surface area contributed by atoms with Gasteiger partial charge in [0.15, 0.2) is 17.5 Å². The van der Waals surface area contributed by atoms with E-state index in [1.54, 1.807) is 14.2 Å². The number of benzene rings is 1. The molecule has 0 saturated heterocycles. The third kappa shape index (κ3) is 6.14. The number of hydrogen-bond acceptors (Lipinski definition) is 4. The Kier molecular flexibility index (Phi) is 8.36. The SMILES string of the molecule is CCNC(=NCc1nccn1CC(C)C)N(C)Cc1cc(OC)c(OC)cc1C. The topological polar surface area (TPSA) is 63.9 Å². The molecule has 0 unspecified atom stereocenters. The lowest BCUT2D eigenvalue weighted by Gasteiger charge is -2.23. The molecule has 7 heteroatoms. The Hall–Kier alpha value is -2.70. The van der Waals surface area contributed by atoms with Crippen molar-refractivity contribution in [1.82, 2.24) is 19.8 Å². The Labute approximate surface area is 174 Å². The monoisotopic (exact) mass is 401 g/mol. The Morgan fingerprint density at radius 2 is 1.93 bits per heavy atom. The lowest BCUT2D eigenvalue weighted by Crippen LogP contribution is -2.38. The van der Waals surface area contributed by atoms with Crippen LogP contribution in [0.25, 0.3) is 0 Å². The van der Waals surface area contributed by atoms with E-state index < -0.39 is 0 Å². The molecule has 7 nitrogen and oxygen atoms in total. The summed E-state index contributed by atoms with van der Waals surface area (Å²) in [6.07, 6.45) is 3.87. The highest BCUT2D eigenvalue weighted by Gasteiger charge is 2.13. The molecule has 0 spiro atoms. The zero-order valence-electron chi connectivity index (χ0n) is 18.8. The van der Waals surface area contributed by atoms with E-state index in [0.717, 1.165) is 47.5 Å². The van der Waals surface area contributed by atoms with Gasteiger partial charge in [-0.15, -0.1) is 0 Å². The Balaban J connectivity index is 2.18. The maximum atomic E-state index is 5.46. The first-order chi connectivity index (χ1) is 13.9. The number of rotatable bonds is 9. The predicted octanol–water partition coefficient (Wildman–Crippen LogP) is 3.46. The minimum absolute atomic E-state index is 0.539. The normalized spacial score (nSPS) is 11.7. The summed E-state index contributed by atoms with van der Waals surface area (Å²) in [6.45, 7) is 11.6. The van der Waals surface area contributed by atoms with Crippen molar-refractivity contribution < 1.29 is 9.47 Å². The van der Waals surface area contributed by atoms with Crippen molar-refractivity contribution in [3.63, 3.8) is 0 Å². The van der Waals surface area contributed by atoms with Crippen LogP contribution in [0.5, 0.6) is 11.5 Å². The molecule has 0 amide bonds. The van der Waals surface area contributed by atoms with Crippen LogP contribution in [0.1, 0.15) is 37.7 Å². The molecule has 0 saturated carbocycles. The van der Waals surface area contributed by atoms with Crippen LogP contribution in [-0.2, 0) is 19.6 Å². The molecule has 160 valence electrons. The minimum atomic E-state index is 0.539. The highest BCUT2D eigenvalue weighted by Crippen LogP contribution is 2.30. The Bertz CT molecular complexity index is 814. The molecule has 0 fully saturated rings. The second-order valence-corrected chi connectivity index (χ2v) is 7.55. The van der Waals surface area contributed by atoms with Gasteiger partial charge in [-0.2, -0.15) is 0 Å². The number of hydrogen-bond donors (Lipinski definition) is 1. The van der Waals surface area contributed by atoms with E-state index in [0.29, 0.717) is 19.0 Å². The summed E-state index contributed by atoms with van der Waals surface area (Å²) in [5.74, 6) is 3.87. The molecule has 0 aliphatic rings. The van der Waals surface area contributed by atoms with Gasteiger partial charge in [0.2, 0.25) is 0 Å². The maximum absolute atomic E-state index is 5.46. The molecule has 2 rings (SSSR count). The van der Waals surface area contributed by atoms with Gasteiger partial charge in [0.05, 0.1) is 14.2 Å². The molecular weight excluding hydrogens is 366 g/mol. The highest BCUT2D eigenvalue weighted by atomic mass is 16.5. The van der Waals surface area contributed by atoms with Gasteiger partial charge in [-0.05, 0) is 43.0 Å². The van der Waals surface area contributed by atoms with Crippen molar-refractivity contribution in [2.45, 2.75) is 47.3 Å². The second-order valence-electron chi connectivity index (χ2n) is 7.55. The van der Waals surface area contributed by atoms with E-state index in [1.165, 1.54) is 0 Å². The number of imidazole rings is 1. The van der Waals surface area contributed by atoms with Gasteiger partial charge in [-0.25, -0.2) is 9.98 Å². The summed E-state index contributed by atoms with van der Waals surface area (Å²) in [7, 11) is 5.35. The number of nitrogens with zero attached hydrogens (tertiary/aromatic N) is 4. The largest absolute Gasteiger partial charge is 0.493 e. The number of nitrogens with one attached hydrogen (secondary N) is 1. The molecule has 1 N–H and O–H groups in total. The second kappa shape index (κ2) is 10.7. The number of ether oxygens (including phenoxy) is 2. The van der Waals surface area contributed by atoms with Crippen molar-refractivity contribution in [3.05, 3.63) is 41.5 Å². The maximum Gasteiger partial charge on any atom is 0.194 e. The number of guanidine groups is 1. The summed E-state index contributed by atoms with van der Waals surface area (Å²) in [6, 6.07) is 4.04. The standard InChI is InChI=1S/C22H35N5O2/c1-8-23-22(25-13-21-24-9-10-27(21)14-16(2)3)26(5)15-18-12-20(29-7)19(28-6)11-17(18)4/h9-12,16H,8,13-15H2,1-7H3,(H,23,25). The molecule has 1 aromatic heterocycles. The summed E-state index contributed by atoms with van der Waals surface area (Å²) in [5.41, 5.74) is 2.31. The average molecular weight is 402 g/mol. The molecule has 0 aliphatic heterocycles. The van der Waals surface area contributed by atoms with Crippen molar-refractivity contribution in [3.8, 4) is 11.5 Å². The van der Waals surface area contributed by atoms with Gasteiger partial charge in [0, 0.05) is 39.1 Å². The van der Waals surface area contributed by atoms with E-state index in [2.05, 4.69) is 47.5 Å². The summed E-state index contributed by atoms with van der Waals surface area (Å²) < 4.78 is 13.0.